The van der Waals surface area contributed by atoms with E-state index in [1.54, 1.807) is 0 Å². The van der Waals surface area contributed by atoms with Crippen molar-refractivity contribution in [2.45, 2.75) is 31.6 Å². The maximum atomic E-state index is 11.5. The molecule has 0 aromatic heterocycles. The van der Waals surface area contributed by atoms with Crippen molar-refractivity contribution in [3.05, 3.63) is 35.9 Å². The fraction of sp³-hybridized carbons (Fsp3) is 0.462. The van der Waals surface area contributed by atoms with Crippen molar-refractivity contribution >= 4 is 17.5 Å². The van der Waals surface area contributed by atoms with Crippen LogP contribution >= 0.6 is 11.6 Å². The summed E-state index contributed by atoms with van der Waals surface area (Å²) in [7, 11) is 0. The highest BCUT2D eigenvalue weighted by atomic mass is 35.5. The largest absolute Gasteiger partial charge is 0.356 e. The van der Waals surface area contributed by atoms with Gasteiger partial charge in [0, 0.05) is 11.9 Å². The Hall–Kier alpha value is -1.02. The third-order valence-electron chi connectivity index (χ3n) is 2.43. The van der Waals surface area contributed by atoms with E-state index >= 15 is 0 Å². The van der Waals surface area contributed by atoms with Crippen molar-refractivity contribution in [3.8, 4) is 0 Å². The van der Waals surface area contributed by atoms with Gasteiger partial charge in [-0.2, -0.15) is 0 Å². The van der Waals surface area contributed by atoms with Crippen molar-refractivity contribution in [2.75, 3.05) is 6.54 Å². The van der Waals surface area contributed by atoms with E-state index in [1.807, 2.05) is 37.3 Å². The van der Waals surface area contributed by atoms with Crippen LogP contribution in [-0.4, -0.2) is 17.8 Å². The number of nitrogens with one attached hydrogen (secondary N) is 1. The zero-order chi connectivity index (χ0) is 11.8. The molecule has 1 N–H and O–H groups in total. The van der Waals surface area contributed by atoms with Crippen molar-refractivity contribution in [1.82, 2.24) is 5.32 Å². The van der Waals surface area contributed by atoms with Gasteiger partial charge in [-0.3, -0.25) is 4.79 Å². The first-order valence-electron chi connectivity index (χ1n) is 5.67. The highest BCUT2D eigenvalue weighted by molar-refractivity contribution is 6.20. The van der Waals surface area contributed by atoms with Crippen molar-refractivity contribution in [3.63, 3.8) is 0 Å². The van der Waals surface area contributed by atoms with Gasteiger partial charge >= 0.3 is 0 Å². The normalized spacial score (nSPS) is 12.1. The third-order valence-corrected chi connectivity index (χ3v) is 2.96. The van der Waals surface area contributed by atoms with Crippen LogP contribution in [0.4, 0.5) is 0 Å². The summed E-state index contributed by atoms with van der Waals surface area (Å²) in [5.74, 6) is 0.0613. The number of halogens is 1. The Bertz CT molecular complexity index is 313. The second kappa shape index (κ2) is 7.29. The molecule has 0 aliphatic heterocycles. The number of benzene rings is 1. The summed E-state index contributed by atoms with van der Waals surface area (Å²) in [5, 5.41) is 3.04. The van der Waals surface area contributed by atoms with E-state index in [0.717, 1.165) is 18.4 Å². The molecule has 0 spiro atoms. The molecule has 0 bridgehead atoms. The lowest BCUT2D eigenvalue weighted by Gasteiger charge is -2.07. The van der Waals surface area contributed by atoms with Gasteiger partial charge in [-0.15, -0.1) is 11.6 Å². The molecule has 1 aromatic carbocycles. The highest BCUT2D eigenvalue weighted by Crippen LogP contribution is 2.05. The standard InChI is InChI=1S/C13H18ClNO/c1-2-12(14)8-9-15-13(16)10-11-6-4-3-5-7-11/h3-7,12H,2,8-10H2,1H3,(H,15,16). The van der Waals surface area contributed by atoms with Gasteiger partial charge in [-0.05, 0) is 18.4 Å². The SMILES string of the molecule is CCC(Cl)CCNC(=O)Cc1ccccc1. The minimum absolute atomic E-state index is 0.0613. The first kappa shape index (κ1) is 13.0. The van der Waals surface area contributed by atoms with E-state index in [-0.39, 0.29) is 11.3 Å². The summed E-state index contributed by atoms with van der Waals surface area (Å²) in [4.78, 5) is 11.5. The number of rotatable bonds is 6. The van der Waals surface area contributed by atoms with Crippen LogP contribution in [0.3, 0.4) is 0 Å². The van der Waals surface area contributed by atoms with Crippen molar-refractivity contribution < 1.29 is 4.79 Å². The van der Waals surface area contributed by atoms with Gasteiger partial charge < -0.3 is 5.32 Å². The molecule has 0 saturated carbocycles. The second-order valence-corrected chi connectivity index (χ2v) is 4.42. The third kappa shape index (κ3) is 5.17. The topological polar surface area (TPSA) is 29.1 Å². The Morgan fingerprint density at radius 1 is 1.38 bits per heavy atom. The summed E-state index contributed by atoms with van der Waals surface area (Å²) in [6.07, 6.45) is 2.22. The van der Waals surface area contributed by atoms with E-state index in [9.17, 15) is 4.79 Å². The van der Waals surface area contributed by atoms with Crippen LogP contribution in [0.5, 0.6) is 0 Å². The second-order valence-electron chi connectivity index (χ2n) is 3.81. The number of carbonyl (C=O) groups excluding carboxylic acids is 1. The van der Waals surface area contributed by atoms with E-state index in [0.29, 0.717) is 13.0 Å². The molecule has 88 valence electrons. The fourth-order valence-electron chi connectivity index (χ4n) is 1.42. The van der Waals surface area contributed by atoms with E-state index in [2.05, 4.69) is 5.32 Å². The fourth-order valence-corrected chi connectivity index (χ4v) is 1.53. The van der Waals surface area contributed by atoms with E-state index in [4.69, 9.17) is 11.6 Å². The van der Waals surface area contributed by atoms with Crippen LogP contribution in [0.15, 0.2) is 30.3 Å². The predicted molar refractivity (Wildman–Crippen MR) is 67.7 cm³/mol. The molecule has 1 rings (SSSR count). The van der Waals surface area contributed by atoms with Crippen LogP contribution in [0.1, 0.15) is 25.3 Å². The number of amides is 1. The number of hydrogen-bond acceptors (Lipinski definition) is 1. The number of alkyl halides is 1. The van der Waals surface area contributed by atoms with Crippen LogP contribution in [0, 0.1) is 0 Å². The molecule has 0 radical (unpaired) electrons. The number of carbonyl (C=O) groups is 1. The van der Waals surface area contributed by atoms with Crippen molar-refractivity contribution in [1.29, 1.82) is 0 Å². The van der Waals surface area contributed by atoms with Gasteiger partial charge in [0.05, 0.1) is 6.42 Å². The Morgan fingerprint density at radius 3 is 2.69 bits per heavy atom. The molecule has 2 nitrogen and oxygen atoms in total. The van der Waals surface area contributed by atoms with Gasteiger partial charge in [0.15, 0.2) is 0 Å². The van der Waals surface area contributed by atoms with Crippen molar-refractivity contribution in [2.24, 2.45) is 0 Å². The molecule has 1 unspecified atom stereocenters. The highest BCUT2D eigenvalue weighted by Gasteiger charge is 2.04. The Labute approximate surface area is 102 Å². The molecular formula is C13H18ClNO. The average Bonchev–Trinajstić information content (AvgIpc) is 2.30. The lowest BCUT2D eigenvalue weighted by atomic mass is 10.1. The Balaban J connectivity index is 2.21. The van der Waals surface area contributed by atoms with Gasteiger partial charge in [0.1, 0.15) is 0 Å². The lowest BCUT2D eigenvalue weighted by Crippen LogP contribution is -2.27. The van der Waals surface area contributed by atoms with Crippen LogP contribution in [-0.2, 0) is 11.2 Å². The molecule has 0 aliphatic rings. The zero-order valence-corrected chi connectivity index (χ0v) is 10.3. The lowest BCUT2D eigenvalue weighted by molar-refractivity contribution is -0.120. The molecule has 1 amide bonds. The van der Waals surface area contributed by atoms with Gasteiger partial charge in [-0.25, -0.2) is 0 Å². The number of hydrogen-bond donors (Lipinski definition) is 1. The molecule has 0 aliphatic carbocycles. The minimum Gasteiger partial charge on any atom is -0.356 e. The average molecular weight is 240 g/mol. The molecule has 0 fully saturated rings. The van der Waals surface area contributed by atoms with Gasteiger partial charge in [-0.1, -0.05) is 37.3 Å². The summed E-state index contributed by atoms with van der Waals surface area (Å²) in [6, 6.07) is 9.73. The smallest absolute Gasteiger partial charge is 0.224 e. The molecule has 16 heavy (non-hydrogen) atoms. The van der Waals surface area contributed by atoms with Gasteiger partial charge in [0.25, 0.3) is 0 Å². The summed E-state index contributed by atoms with van der Waals surface area (Å²) < 4.78 is 0. The predicted octanol–water partition coefficient (Wildman–Crippen LogP) is 2.75. The molecule has 0 saturated heterocycles. The molecule has 0 heterocycles. The molecular weight excluding hydrogens is 222 g/mol. The summed E-state index contributed by atoms with van der Waals surface area (Å²) in [6.45, 7) is 2.71. The van der Waals surface area contributed by atoms with Crippen LogP contribution in [0.2, 0.25) is 0 Å². The molecule has 3 heteroatoms. The van der Waals surface area contributed by atoms with E-state index in [1.165, 1.54) is 0 Å². The first-order chi connectivity index (χ1) is 7.72. The van der Waals surface area contributed by atoms with E-state index < -0.39 is 0 Å². The Kier molecular flexibility index (Phi) is 5.94. The monoisotopic (exact) mass is 239 g/mol. The summed E-state index contributed by atoms with van der Waals surface area (Å²) in [5.41, 5.74) is 1.04. The maximum Gasteiger partial charge on any atom is 0.224 e. The quantitative estimate of drug-likeness (QED) is 0.760. The maximum absolute atomic E-state index is 11.5. The van der Waals surface area contributed by atoms with Gasteiger partial charge in [0.2, 0.25) is 5.91 Å². The zero-order valence-electron chi connectivity index (χ0n) is 9.58. The first-order valence-corrected chi connectivity index (χ1v) is 6.10. The minimum atomic E-state index is 0.0613. The summed E-state index contributed by atoms with van der Waals surface area (Å²) >= 11 is 5.96. The Morgan fingerprint density at radius 2 is 2.06 bits per heavy atom. The van der Waals surface area contributed by atoms with Crippen LogP contribution < -0.4 is 5.32 Å². The molecule has 1 atom stereocenters. The van der Waals surface area contributed by atoms with Crippen LogP contribution in [0.25, 0.3) is 0 Å². The molecule has 1 aromatic rings.